The molecule has 0 saturated carbocycles. The zero-order valence-corrected chi connectivity index (χ0v) is 12.0. The van der Waals surface area contributed by atoms with Gasteiger partial charge in [-0.1, -0.05) is 25.1 Å². The maximum atomic E-state index is 12.5. The molecule has 18 heavy (non-hydrogen) atoms. The minimum atomic E-state index is -3.45. The van der Waals surface area contributed by atoms with Crippen LogP contribution < -0.4 is 5.73 Å². The molecule has 1 aromatic heterocycles. The van der Waals surface area contributed by atoms with Crippen molar-refractivity contribution in [3.8, 4) is 0 Å². The number of fused-ring (bicyclic) bond motifs is 1. The van der Waals surface area contributed by atoms with Crippen molar-refractivity contribution in [1.29, 1.82) is 0 Å². The standard InChI is InChI=1S/C12H16N2O2S2/c1-3-14(2)18(15,16)12-9-6-4-5-7-10(9)17-11(12)8-13/h4-7H,3,8,13H2,1-2H3. The van der Waals surface area contributed by atoms with Gasteiger partial charge in [0.15, 0.2) is 0 Å². The highest BCUT2D eigenvalue weighted by atomic mass is 32.2. The Kier molecular flexibility index (Phi) is 3.72. The van der Waals surface area contributed by atoms with Crippen molar-refractivity contribution in [3.05, 3.63) is 29.1 Å². The molecule has 0 saturated heterocycles. The lowest BCUT2D eigenvalue weighted by molar-refractivity contribution is 0.487. The van der Waals surface area contributed by atoms with Gasteiger partial charge in [-0.15, -0.1) is 11.3 Å². The number of rotatable bonds is 4. The monoisotopic (exact) mass is 284 g/mol. The Hall–Kier alpha value is -0.950. The molecular weight excluding hydrogens is 268 g/mol. The molecule has 0 aliphatic heterocycles. The molecule has 0 atom stereocenters. The Labute approximate surface area is 111 Å². The summed E-state index contributed by atoms with van der Waals surface area (Å²) >= 11 is 1.45. The fraction of sp³-hybridized carbons (Fsp3) is 0.333. The molecule has 4 nitrogen and oxygen atoms in total. The molecular formula is C12H16N2O2S2. The number of sulfonamides is 1. The van der Waals surface area contributed by atoms with Crippen molar-refractivity contribution in [1.82, 2.24) is 4.31 Å². The number of hydrogen-bond acceptors (Lipinski definition) is 4. The van der Waals surface area contributed by atoms with Gasteiger partial charge in [-0.05, 0) is 6.07 Å². The zero-order valence-electron chi connectivity index (χ0n) is 10.4. The smallest absolute Gasteiger partial charge is 0.244 e. The molecule has 0 unspecified atom stereocenters. The predicted octanol–water partition coefficient (Wildman–Crippen LogP) is 2.00. The van der Waals surface area contributed by atoms with Crippen LogP contribution in [0.5, 0.6) is 0 Å². The molecule has 0 amide bonds. The first-order valence-electron chi connectivity index (χ1n) is 5.69. The van der Waals surface area contributed by atoms with Crippen LogP contribution in [-0.4, -0.2) is 26.3 Å². The van der Waals surface area contributed by atoms with Crippen molar-refractivity contribution in [2.24, 2.45) is 5.73 Å². The van der Waals surface area contributed by atoms with Gasteiger partial charge in [0.25, 0.3) is 0 Å². The second-order valence-electron chi connectivity index (χ2n) is 3.97. The highest BCUT2D eigenvalue weighted by Crippen LogP contribution is 2.35. The van der Waals surface area contributed by atoms with Gasteiger partial charge in [-0.25, -0.2) is 12.7 Å². The topological polar surface area (TPSA) is 63.4 Å². The summed E-state index contributed by atoms with van der Waals surface area (Å²) in [6.45, 7) is 2.50. The predicted molar refractivity (Wildman–Crippen MR) is 75.2 cm³/mol. The van der Waals surface area contributed by atoms with E-state index in [1.807, 2.05) is 31.2 Å². The maximum Gasteiger partial charge on any atom is 0.244 e. The van der Waals surface area contributed by atoms with Crippen LogP contribution in [0.4, 0.5) is 0 Å². The van der Waals surface area contributed by atoms with E-state index in [0.29, 0.717) is 11.4 Å². The first-order valence-corrected chi connectivity index (χ1v) is 7.94. The fourth-order valence-electron chi connectivity index (χ4n) is 1.82. The Bertz CT molecular complexity index is 662. The number of benzene rings is 1. The first kappa shape index (κ1) is 13.5. The Morgan fingerprint density at radius 3 is 2.61 bits per heavy atom. The molecule has 2 N–H and O–H groups in total. The molecule has 98 valence electrons. The van der Waals surface area contributed by atoms with E-state index in [2.05, 4.69) is 0 Å². The number of nitrogens with two attached hydrogens (primary N) is 1. The normalized spacial score (nSPS) is 12.4. The van der Waals surface area contributed by atoms with Gasteiger partial charge in [0, 0.05) is 35.1 Å². The third kappa shape index (κ3) is 2.05. The summed E-state index contributed by atoms with van der Waals surface area (Å²) in [6, 6.07) is 7.50. The van der Waals surface area contributed by atoms with Crippen LogP contribution in [0.3, 0.4) is 0 Å². The largest absolute Gasteiger partial charge is 0.326 e. The molecule has 1 heterocycles. The van der Waals surface area contributed by atoms with Gasteiger partial charge in [0.1, 0.15) is 4.90 Å². The van der Waals surface area contributed by atoms with Crippen molar-refractivity contribution in [2.45, 2.75) is 18.4 Å². The SMILES string of the molecule is CCN(C)S(=O)(=O)c1c(CN)sc2ccccc12. The van der Waals surface area contributed by atoms with E-state index in [0.717, 1.165) is 15.0 Å². The number of nitrogens with zero attached hydrogens (tertiary/aromatic N) is 1. The summed E-state index contributed by atoms with van der Waals surface area (Å²) in [4.78, 5) is 1.09. The highest BCUT2D eigenvalue weighted by Gasteiger charge is 2.26. The lowest BCUT2D eigenvalue weighted by Crippen LogP contribution is -2.27. The van der Waals surface area contributed by atoms with Crippen LogP contribution in [-0.2, 0) is 16.6 Å². The third-order valence-corrected chi connectivity index (χ3v) is 6.30. The van der Waals surface area contributed by atoms with E-state index in [1.54, 1.807) is 7.05 Å². The van der Waals surface area contributed by atoms with Crippen molar-refractivity contribution in [2.75, 3.05) is 13.6 Å². The molecule has 0 aliphatic rings. The van der Waals surface area contributed by atoms with Crippen LogP contribution in [0.25, 0.3) is 10.1 Å². The van der Waals surface area contributed by atoms with E-state index >= 15 is 0 Å². The van der Waals surface area contributed by atoms with E-state index in [1.165, 1.54) is 15.6 Å². The average Bonchev–Trinajstić information content (AvgIpc) is 2.76. The lowest BCUT2D eigenvalue weighted by Gasteiger charge is -2.15. The second-order valence-corrected chi connectivity index (χ2v) is 7.09. The second kappa shape index (κ2) is 4.97. The quantitative estimate of drug-likeness (QED) is 0.934. The summed E-state index contributed by atoms with van der Waals surface area (Å²) in [5, 5.41) is 0.767. The van der Waals surface area contributed by atoms with Crippen LogP contribution in [0.15, 0.2) is 29.2 Å². The molecule has 0 fully saturated rings. The molecule has 1 aromatic carbocycles. The molecule has 0 aliphatic carbocycles. The summed E-state index contributed by atoms with van der Waals surface area (Å²) in [5.74, 6) is 0. The fourth-order valence-corrected chi connectivity index (χ4v) is 4.78. The summed E-state index contributed by atoms with van der Waals surface area (Å²) < 4.78 is 27.3. The Morgan fingerprint density at radius 2 is 2.00 bits per heavy atom. The molecule has 2 rings (SSSR count). The first-order chi connectivity index (χ1) is 8.52. The van der Waals surface area contributed by atoms with Crippen LogP contribution >= 0.6 is 11.3 Å². The molecule has 6 heteroatoms. The zero-order chi connectivity index (χ0) is 13.3. The third-order valence-electron chi connectivity index (χ3n) is 2.92. The van der Waals surface area contributed by atoms with E-state index < -0.39 is 10.0 Å². The van der Waals surface area contributed by atoms with Crippen molar-refractivity contribution in [3.63, 3.8) is 0 Å². The minimum Gasteiger partial charge on any atom is -0.326 e. The molecule has 0 spiro atoms. The number of thiophene rings is 1. The van der Waals surface area contributed by atoms with E-state index in [4.69, 9.17) is 5.73 Å². The van der Waals surface area contributed by atoms with Gasteiger partial charge in [-0.3, -0.25) is 0 Å². The minimum absolute atomic E-state index is 0.242. The van der Waals surface area contributed by atoms with Gasteiger partial charge < -0.3 is 5.73 Å². The van der Waals surface area contributed by atoms with Gasteiger partial charge in [-0.2, -0.15) is 0 Å². The summed E-state index contributed by atoms with van der Waals surface area (Å²) in [6.07, 6.45) is 0. The molecule has 2 aromatic rings. The lowest BCUT2D eigenvalue weighted by atomic mass is 10.2. The maximum absolute atomic E-state index is 12.5. The Morgan fingerprint density at radius 1 is 1.33 bits per heavy atom. The summed E-state index contributed by atoms with van der Waals surface area (Å²) in [7, 11) is -1.87. The van der Waals surface area contributed by atoms with Crippen LogP contribution in [0.1, 0.15) is 11.8 Å². The molecule has 0 radical (unpaired) electrons. The number of hydrogen-bond donors (Lipinski definition) is 1. The average molecular weight is 284 g/mol. The van der Waals surface area contributed by atoms with Gasteiger partial charge >= 0.3 is 0 Å². The van der Waals surface area contributed by atoms with Crippen LogP contribution in [0, 0.1) is 0 Å². The van der Waals surface area contributed by atoms with E-state index in [9.17, 15) is 8.42 Å². The Balaban J connectivity index is 2.77. The summed E-state index contributed by atoms with van der Waals surface area (Å²) in [5.41, 5.74) is 5.68. The van der Waals surface area contributed by atoms with E-state index in [-0.39, 0.29) is 6.54 Å². The van der Waals surface area contributed by atoms with Gasteiger partial charge in [0.2, 0.25) is 10.0 Å². The van der Waals surface area contributed by atoms with Crippen LogP contribution in [0.2, 0.25) is 0 Å². The molecule has 0 bridgehead atoms. The van der Waals surface area contributed by atoms with Crippen molar-refractivity contribution < 1.29 is 8.42 Å². The van der Waals surface area contributed by atoms with Crippen molar-refractivity contribution >= 4 is 31.4 Å². The highest BCUT2D eigenvalue weighted by molar-refractivity contribution is 7.89. The van der Waals surface area contributed by atoms with Gasteiger partial charge in [0.05, 0.1) is 0 Å².